The molecule has 98 valence electrons. The van der Waals surface area contributed by atoms with Crippen molar-refractivity contribution < 1.29 is 22.7 Å². The molecule has 5 N–H and O–H groups in total. The number of hydrogen-bond donors (Lipinski definition) is 3. The van der Waals surface area contributed by atoms with Gasteiger partial charge in [-0.15, -0.1) is 13.2 Å². The fourth-order valence-electron chi connectivity index (χ4n) is 1.18. The molecular weight excluding hydrogens is 253 g/mol. The van der Waals surface area contributed by atoms with E-state index in [2.05, 4.69) is 4.74 Å². The molecule has 18 heavy (non-hydrogen) atoms. The Morgan fingerprint density at radius 1 is 1.22 bits per heavy atom. The number of guanidine groups is 1. The maximum Gasteiger partial charge on any atom is 0.573 e. The summed E-state index contributed by atoms with van der Waals surface area (Å²) >= 11 is 0. The number of halogens is 3. The maximum atomic E-state index is 11.9. The van der Waals surface area contributed by atoms with E-state index >= 15 is 0 Å². The summed E-state index contributed by atoms with van der Waals surface area (Å²) in [6.07, 6.45) is -4.80. The van der Waals surface area contributed by atoms with Gasteiger partial charge in [-0.25, -0.2) is 9.69 Å². The highest BCUT2D eigenvalue weighted by Crippen LogP contribution is 2.25. The molecule has 0 aliphatic rings. The Kier molecular flexibility index (Phi) is 3.64. The van der Waals surface area contributed by atoms with Crippen LogP contribution >= 0.6 is 0 Å². The number of nitrogens with two attached hydrogens (primary N) is 2. The molecule has 0 bridgehead atoms. The fraction of sp³-hybridized carbons (Fsp3) is 0.111. The Morgan fingerprint density at radius 2 is 1.72 bits per heavy atom. The monoisotopic (exact) mass is 262 g/mol. The lowest BCUT2D eigenvalue weighted by Gasteiger charge is -2.18. The lowest BCUT2D eigenvalue weighted by Crippen LogP contribution is -2.44. The number of anilines is 1. The molecule has 1 aromatic carbocycles. The zero-order chi connectivity index (χ0) is 13.9. The highest BCUT2D eigenvalue weighted by atomic mass is 19.4. The molecule has 0 aliphatic heterocycles. The molecule has 0 atom stereocenters. The Hall–Kier alpha value is -2.45. The molecule has 1 rings (SSSR count). The van der Waals surface area contributed by atoms with Crippen molar-refractivity contribution in [3.63, 3.8) is 0 Å². The van der Waals surface area contributed by atoms with Crippen LogP contribution in [0.2, 0.25) is 0 Å². The quantitative estimate of drug-likeness (QED) is 0.553. The van der Waals surface area contributed by atoms with E-state index in [-0.39, 0.29) is 5.69 Å². The minimum absolute atomic E-state index is 0.0597. The third-order valence-corrected chi connectivity index (χ3v) is 1.79. The van der Waals surface area contributed by atoms with Crippen LogP contribution in [0.1, 0.15) is 0 Å². The van der Waals surface area contributed by atoms with Gasteiger partial charge in [-0.3, -0.25) is 5.41 Å². The number of alkyl halides is 3. The molecule has 0 aromatic heterocycles. The average molecular weight is 262 g/mol. The third kappa shape index (κ3) is 3.54. The van der Waals surface area contributed by atoms with Crippen LogP contribution in [0, 0.1) is 5.41 Å². The summed E-state index contributed by atoms with van der Waals surface area (Å²) in [6.45, 7) is 0. The number of nitrogens with zero attached hydrogens (tertiary/aromatic N) is 1. The summed E-state index contributed by atoms with van der Waals surface area (Å²) in [5.41, 5.74) is 10.1. The Bertz CT molecular complexity index is 444. The Balaban J connectivity index is 2.94. The molecule has 0 fully saturated rings. The van der Waals surface area contributed by atoms with Gasteiger partial charge in [0.05, 0.1) is 5.69 Å². The topological polar surface area (TPSA) is 105 Å². The predicted octanol–water partition coefficient (Wildman–Crippen LogP) is 1.36. The van der Waals surface area contributed by atoms with Gasteiger partial charge in [0, 0.05) is 0 Å². The molecule has 1 aromatic rings. The number of ether oxygens (including phenoxy) is 1. The summed E-state index contributed by atoms with van der Waals surface area (Å²) in [4.78, 5) is 11.6. The van der Waals surface area contributed by atoms with E-state index < -0.39 is 24.1 Å². The van der Waals surface area contributed by atoms with Crippen molar-refractivity contribution in [1.82, 2.24) is 0 Å². The Morgan fingerprint density at radius 3 is 2.06 bits per heavy atom. The van der Waals surface area contributed by atoms with Crippen LogP contribution in [0.3, 0.4) is 0 Å². The first-order valence-electron chi connectivity index (χ1n) is 4.50. The number of nitrogens with one attached hydrogen (secondary N) is 1. The number of carbonyl (C=O) groups excluding carboxylic acids is 1. The Labute approximate surface area is 99.4 Å². The van der Waals surface area contributed by atoms with Gasteiger partial charge >= 0.3 is 12.4 Å². The third-order valence-electron chi connectivity index (χ3n) is 1.79. The summed E-state index contributed by atoms with van der Waals surface area (Å²) in [7, 11) is 0. The van der Waals surface area contributed by atoms with Crippen molar-refractivity contribution in [3.8, 4) is 5.75 Å². The number of carbonyl (C=O) groups is 1. The first-order valence-corrected chi connectivity index (χ1v) is 4.50. The van der Waals surface area contributed by atoms with E-state index in [0.29, 0.717) is 4.90 Å². The van der Waals surface area contributed by atoms with Crippen molar-refractivity contribution in [2.75, 3.05) is 4.90 Å². The van der Waals surface area contributed by atoms with Crippen molar-refractivity contribution >= 4 is 17.7 Å². The number of rotatable bonds is 2. The van der Waals surface area contributed by atoms with E-state index in [1.165, 1.54) is 0 Å². The summed E-state index contributed by atoms with van der Waals surface area (Å²) in [5.74, 6) is -1.11. The molecule has 0 saturated heterocycles. The number of urea groups is 1. The summed E-state index contributed by atoms with van der Waals surface area (Å²) in [5, 5.41) is 7.11. The normalized spacial score (nSPS) is 10.8. The largest absolute Gasteiger partial charge is 0.573 e. The summed E-state index contributed by atoms with van der Waals surface area (Å²) in [6, 6.07) is 3.16. The second-order valence-corrected chi connectivity index (χ2v) is 3.10. The van der Waals surface area contributed by atoms with Gasteiger partial charge in [-0.1, -0.05) is 0 Å². The number of primary amides is 1. The molecule has 0 radical (unpaired) electrons. The average Bonchev–Trinajstić information content (AvgIpc) is 2.17. The predicted molar refractivity (Wildman–Crippen MR) is 57.1 cm³/mol. The number of amides is 2. The van der Waals surface area contributed by atoms with Crippen molar-refractivity contribution in [2.45, 2.75) is 6.36 Å². The molecule has 6 nitrogen and oxygen atoms in total. The van der Waals surface area contributed by atoms with E-state index in [9.17, 15) is 18.0 Å². The second kappa shape index (κ2) is 4.82. The van der Waals surface area contributed by atoms with Gasteiger partial charge in [-0.05, 0) is 24.3 Å². The second-order valence-electron chi connectivity index (χ2n) is 3.10. The van der Waals surface area contributed by atoms with Gasteiger partial charge in [0.2, 0.25) is 5.96 Å². The van der Waals surface area contributed by atoms with Crippen LogP contribution in [0.4, 0.5) is 23.7 Å². The lowest BCUT2D eigenvalue weighted by atomic mass is 10.3. The van der Waals surface area contributed by atoms with E-state index in [4.69, 9.17) is 16.9 Å². The van der Waals surface area contributed by atoms with Crippen LogP contribution in [0.25, 0.3) is 0 Å². The molecule has 2 amide bonds. The molecule has 0 aliphatic carbocycles. The van der Waals surface area contributed by atoms with Crippen LogP contribution < -0.4 is 21.1 Å². The van der Waals surface area contributed by atoms with Crippen molar-refractivity contribution in [2.24, 2.45) is 11.5 Å². The van der Waals surface area contributed by atoms with Crippen molar-refractivity contribution in [1.29, 1.82) is 5.41 Å². The minimum atomic E-state index is -4.80. The molecule has 0 unspecified atom stereocenters. The van der Waals surface area contributed by atoms with Crippen LogP contribution in [-0.2, 0) is 0 Å². The molecular formula is C9H9F3N4O2. The zero-order valence-corrected chi connectivity index (χ0v) is 8.86. The first kappa shape index (κ1) is 13.6. The summed E-state index contributed by atoms with van der Waals surface area (Å²) < 4.78 is 39.3. The lowest BCUT2D eigenvalue weighted by molar-refractivity contribution is -0.274. The van der Waals surface area contributed by atoms with Gasteiger partial charge < -0.3 is 16.2 Å². The van der Waals surface area contributed by atoms with Gasteiger partial charge in [0.1, 0.15) is 5.75 Å². The highest BCUT2D eigenvalue weighted by molar-refractivity contribution is 6.13. The maximum absolute atomic E-state index is 11.9. The number of hydrogen-bond acceptors (Lipinski definition) is 3. The zero-order valence-electron chi connectivity index (χ0n) is 8.86. The van der Waals surface area contributed by atoms with Crippen molar-refractivity contribution in [3.05, 3.63) is 24.3 Å². The number of benzene rings is 1. The highest BCUT2D eigenvalue weighted by Gasteiger charge is 2.31. The van der Waals surface area contributed by atoms with E-state index in [1.807, 2.05) is 0 Å². The molecule has 9 heteroatoms. The molecule has 0 spiro atoms. The van der Waals surface area contributed by atoms with Gasteiger partial charge in [-0.2, -0.15) is 0 Å². The van der Waals surface area contributed by atoms with Gasteiger partial charge in [0.15, 0.2) is 0 Å². The van der Waals surface area contributed by atoms with E-state index in [0.717, 1.165) is 24.3 Å². The molecule has 0 heterocycles. The van der Waals surface area contributed by atoms with E-state index in [1.54, 1.807) is 0 Å². The minimum Gasteiger partial charge on any atom is -0.406 e. The van der Waals surface area contributed by atoms with Crippen LogP contribution in [0.15, 0.2) is 24.3 Å². The van der Waals surface area contributed by atoms with Crippen LogP contribution in [0.5, 0.6) is 5.75 Å². The SMILES string of the molecule is N=C(N)N(C(N)=O)c1ccc(OC(F)(F)F)cc1. The fourth-order valence-corrected chi connectivity index (χ4v) is 1.18. The smallest absolute Gasteiger partial charge is 0.406 e. The molecule has 0 saturated carbocycles. The van der Waals surface area contributed by atoms with Gasteiger partial charge in [0.25, 0.3) is 0 Å². The standard InChI is InChI=1S/C9H9F3N4O2/c10-9(11,12)18-6-3-1-5(2-4-6)16(7(13)14)8(15)17/h1-4H,(H3,13,14)(H2,15,17). The first-order chi connectivity index (χ1) is 8.20. The van der Waals surface area contributed by atoms with Crippen LogP contribution in [-0.4, -0.2) is 18.4 Å².